The molecule has 4 heteroatoms. The fourth-order valence-corrected chi connectivity index (χ4v) is 2.38. The van der Waals surface area contributed by atoms with Crippen LogP contribution in [0.2, 0.25) is 0 Å². The van der Waals surface area contributed by atoms with Crippen LogP contribution in [-0.4, -0.2) is 9.97 Å². The third kappa shape index (κ3) is 4.80. The molecule has 0 atom stereocenters. The Morgan fingerprint density at radius 2 is 1.72 bits per heavy atom. The highest BCUT2D eigenvalue weighted by molar-refractivity contribution is 5.43. The van der Waals surface area contributed by atoms with Gasteiger partial charge in [0.25, 0.3) is 0 Å². The van der Waals surface area contributed by atoms with E-state index in [9.17, 15) is 0 Å². The molecule has 2 aromatic heterocycles. The van der Waals surface area contributed by atoms with Crippen molar-refractivity contribution in [2.75, 3.05) is 5.32 Å². The minimum Gasteiger partial charge on any atom is -0.439 e. The van der Waals surface area contributed by atoms with Crippen LogP contribution in [0.4, 0.5) is 5.69 Å². The fraction of sp³-hybridized carbons (Fsp3) is 0.238. The quantitative estimate of drug-likeness (QED) is 0.699. The predicted octanol–water partition coefficient (Wildman–Crippen LogP) is 5.18. The molecular weight excluding hydrogens is 310 g/mol. The summed E-state index contributed by atoms with van der Waals surface area (Å²) in [4.78, 5) is 8.64. The van der Waals surface area contributed by atoms with Gasteiger partial charge in [0.1, 0.15) is 5.75 Å². The van der Waals surface area contributed by atoms with Crippen LogP contribution in [-0.2, 0) is 12.0 Å². The third-order valence-electron chi connectivity index (χ3n) is 3.88. The van der Waals surface area contributed by atoms with Crippen molar-refractivity contribution in [2.24, 2.45) is 0 Å². The number of hydrogen-bond acceptors (Lipinski definition) is 4. The summed E-state index contributed by atoms with van der Waals surface area (Å²) in [6.45, 7) is 7.25. The van der Waals surface area contributed by atoms with Gasteiger partial charge in [0.05, 0.1) is 24.1 Å². The first kappa shape index (κ1) is 17.0. The lowest BCUT2D eigenvalue weighted by molar-refractivity contribution is 0.462. The third-order valence-corrected chi connectivity index (χ3v) is 3.88. The molecule has 0 unspecified atom stereocenters. The van der Waals surface area contributed by atoms with Crippen LogP contribution in [0.5, 0.6) is 11.6 Å². The van der Waals surface area contributed by atoms with Crippen LogP contribution in [0, 0.1) is 0 Å². The van der Waals surface area contributed by atoms with Gasteiger partial charge in [0, 0.05) is 12.3 Å². The van der Waals surface area contributed by atoms with Crippen molar-refractivity contribution < 1.29 is 4.74 Å². The van der Waals surface area contributed by atoms with E-state index in [4.69, 9.17) is 4.74 Å². The molecule has 4 nitrogen and oxygen atoms in total. The van der Waals surface area contributed by atoms with Crippen molar-refractivity contribution in [2.45, 2.75) is 32.7 Å². The number of aromatic nitrogens is 2. The monoisotopic (exact) mass is 333 g/mol. The largest absolute Gasteiger partial charge is 0.439 e. The second-order valence-electron chi connectivity index (χ2n) is 6.94. The molecule has 0 radical (unpaired) electrons. The number of anilines is 1. The Hall–Kier alpha value is -2.88. The summed E-state index contributed by atoms with van der Waals surface area (Å²) >= 11 is 0. The first-order chi connectivity index (χ1) is 12.0. The van der Waals surface area contributed by atoms with Gasteiger partial charge in [-0.15, -0.1) is 0 Å². The maximum absolute atomic E-state index is 5.81. The van der Waals surface area contributed by atoms with Gasteiger partial charge in [0.15, 0.2) is 0 Å². The lowest BCUT2D eigenvalue weighted by atomic mass is 9.87. The van der Waals surface area contributed by atoms with E-state index in [-0.39, 0.29) is 5.41 Å². The zero-order valence-corrected chi connectivity index (χ0v) is 14.9. The van der Waals surface area contributed by atoms with Crippen molar-refractivity contribution in [3.63, 3.8) is 0 Å². The molecule has 0 aliphatic rings. The molecule has 2 heterocycles. The van der Waals surface area contributed by atoms with E-state index in [1.54, 1.807) is 12.4 Å². The molecule has 0 bridgehead atoms. The fourth-order valence-electron chi connectivity index (χ4n) is 2.38. The highest BCUT2D eigenvalue weighted by Gasteiger charge is 2.13. The summed E-state index contributed by atoms with van der Waals surface area (Å²) in [5, 5.41) is 3.30. The second kappa shape index (κ2) is 7.34. The van der Waals surface area contributed by atoms with Crippen LogP contribution in [0.1, 0.15) is 32.0 Å². The molecule has 1 N–H and O–H groups in total. The lowest BCUT2D eigenvalue weighted by Gasteiger charge is -2.19. The summed E-state index contributed by atoms with van der Waals surface area (Å²) in [7, 11) is 0. The van der Waals surface area contributed by atoms with E-state index in [0.717, 1.165) is 17.1 Å². The highest BCUT2D eigenvalue weighted by Crippen LogP contribution is 2.26. The summed E-state index contributed by atoms with van der Waals surface area (Å²) in [5.74, 6) is 1.36. The van der Waals surface area contributed by atoms with Crippen LogP contribution in [0.15, 0.2) is 67.0 Å². The Bertz CT molecular complexity index is 791. The van der Waals surface area contributed by atoms with Gasteiger partial charge < -0.3 is 10.1 Å². The van der Waals surface area contributed by atoms with E-state index in [0.29, 0.717) is 12.4 Å². The first-order valence-electron chi connectivity index (χ1n) is 8.39. The number of benzene rings is 1. The van der Waals surface area contributed by atoms with E-state index >= 15 is 0 Å². The molecule has 0 saturated carbocycles. The molecule has 0 aliphatic heterocycles. The maximum atomic E-state index is 5.81. The molecule has 0 saturated heterocycles. The topological polar surface area (TPSA) is 47.0 Å². The molecule has 25 heavy (non-hydrogen) atoms. The number of rotatable bonds is 5. The Labute approximate surface area is 148 Å². The van der Waals surface area contributed by atoms with Gasteiger partial charge in [-0.25, -0.2) is 4.98 Å². The molecular formula is C21H23N3O. The molecule has 0 fully saturated rings. The van der Waals surface area contributed by atoms with Gasteiger partial charge in [-0.1, -0.05) is 39.0 Å². The van der Waals surface area contributed by atoms with Crippen LogP contribution in [0.3, 0.4) is 0 Å². The zero-order chi connectivity index (χ0) is 17.7. The average Bonchev–Trinajstić information content (AvgIpc) is 2.62. The average molecular weight is 333 g/mol. The number of hydrogen-bond donors (Lipinski definition) is 1. The highest BCUT2D eigenvalue weighted by atomic mass is 16.5. The molecule has 3 aromatic rings. The van der Waals surface area contributed by atoms with E-state index in [1.165, 1.54) is 5.56 Å². The van der Waals surface area contributed by atoms with Crippen molar-refractivity contribution in [3.8, 4) is 11.6 Å². The molecule has 1 aromatic carbocycles. The number of nitrogens with zero attached hydrogens (tertiary/aromatic N) is 2. The SMILES string of the molecule is CC(C)(C)c1ccc(Oc2ccc(NCc3ccccn3)cn2)cc1. The van der Waals surface area contributed by atoms with Crippen LogP contribution in [0.25, 0.3) is 0 Å². The standard InChI is InChI=1S/C21H23N3O/c1-21(2,3)16-7-10-19(11-8-16)25-20-12-9-18(15-24-20)23-14-17-6-4-5-13-22-17/h4-13,15,23H,14H2,1-3H3. The Kier molecular flexibility index (Phi) is 4.98. The summed E-state index contributed by atoms with van der Waals surface area (Å²) in [5.41, 5.74) is 3.34. The minimum absolute atomic E-state index is 0.137. The molecule has 128 valence electrons. The van der Waals surface area contributed by atoms with Crippen molar-refractivity contribution in [1.82, 2.24) is 9.97 Å². The number of pyridine rings is 2. The van der Waals surface area contributed by atoms with Gasteiger partial charge in [-0.3, -0.25) is 4.98 Å². The van der Waals surface area contributed by atoms with Crippen molar-refractivity contribution in [3.05, 3.63) is 78.2 Å². The van der Waals surface area contributed by atoms with Gasteiger partial charge in [-0.2, -0.15) is 0 Å². The van der Waals surface area contributed by atoms with Gasteiger partial charge in [-0.05, 0) is 41.3 Å². The first-order valence-corrected chi connectivity index (χ1v) is 8.39. The molecule has 0 aliphatic carbocycles. The molecule has 0 spiro atoms. The zero-order valence-electron chi connectivity index (χ0n) is 14.9. The van der Waals surface area contributed by atoms with Crippen LogP contribution >= 0.6 is 0 Å². The number of nitrogens with one attached hydrogen (secondary N) is 1. The Morgan fingerprint density at radius 1 is 0.920 bits per heavy atom. The molecule has 0 amide bonds. The maximum Gasteiger partial charge on any atom is 0.219 e. The number of ether oxygens (including phenoxy) is 1. The Morgan fingerprint density at radius 3 is 2.32 bits per heavy atom. The minimum atomic E-state index is 0.137. The summed E-state index contributed by atoms with van der Waals surface area (Å²) < 4.78 is 5.81. The van der Waals surface area contributed by atoms with E-state index < -0.39 is 0 Å². The second-order valence-corrected chi connectivity index (χ2v) is 6.94. The summed E-state index contributed by atoms with van der Waals surface area (Å²) in [6.07, 6.45) is 3.55. The van der Waals surface area contributed by atoms with Gasteiger partial charge in [0.2, 0.25) is 5.88 Å². The molecule has 3 rings (SSSR count). The normalized spacial score (nSPS) is 11.2. The smallest absolute Gasteiger partial charge is 0.219 e. The summed E-state index contributed by atoms with van der Waals surface area (Å²) in [6, 6.07) is 17.8. The van der Waals surface area contributed by atoms with E-state index in [2.05, 4.69) is 48.2 Å². The van der Waals surface area contributed by atoms with Crippen molar-refractivity contribution in [1.29, 1.82) is 0 Å². The van der Waals surface area contributed by atoms with Gasteiger partial charge >= 0.3 is 0 Å². The predicted molar refractivity (Wildman–Crippen MR) is 101 cm³/mol. The van der Waals surface area contributed by atoms with E-state index in [1.807, 2.05) is 42.5 Å². The van der Waals surface area contributed by atoms with Crippen LogP contribution < -0.4 is 10.1 Å². The lowest BCUT2D eigenvalue weighted by Crippen LogP contribution is -2.10. The Balaban J connectivity index is 1.59. The van der Waals surface area contributed by atoms with Crippen molar-refractivity contribution >= 4 is 5.69 Å².